The number of halogens is 1. The van der Waals surface area contributed by atoms with Crippen LogP contribution in [0.25, 0.3) is 0 Å². The topological polar surface area (TPSA) is 98.3 Å². The molecule has 0 saturated carbocycles. The smallest absolute Gasteiger partial charge is 0.425 e. The number of carbonyl (C=O) groups excluding carboxylic acids is 1. The number of nitrogens with zero attached hydrogens (tertiary/aromatic N) is 4. The molecule has 4 aromatic rings. The van der Waals surface area contributed by atoms with E-state index in [4.69, 9.17) is 18.9 Å². The number of para-hydroxylation sites is 1. The number of nitrogens with one attached hydrogen (secondary N) is 1. The molecule has 0 bridgehead atoms. The summed E-state index contributed by atoms with van der Waals surface area (Å²) in [5.41, 5.74) is 0.783. The SMILES string of the molecule is COc1ccc(N(C(=O)Oc2ccccc2SC)c2ccnc(Nc3ccc(OCC4CCCN(C)C4)c(F)c3)n2)c(OC)c1. The largest absolute Gasteiger partial charge is 0.497 e. The maximum absolute atomic E-state index is 15.0. The Balaban J connectivity index is 1.40. The first-order valence-electron chi connectivity index (χ1n) is 14.5. The molecule has 1 aromatic heterocycles. The van der Waals surface area contributed by atoms with Gasteiger partial charge in [0, 0.05) is 47.4 Å². The fourth-order valence-electron chi connectivity index (χ4n) is 5.10. The van der Waals surface area contributed by atoms with Gasteiger partial charge in [0.05, 0.1) is 26.5 Å². The molecule has 1 fully saturated rings. The highest BCUT2D eigenvalue weighted by atomic mass is 32.2. The van der Waals surface area contributed by atoms with Gasteiger partial charge in [0.2, 0.25) is 5.95 Å². The number of methoxy groups -OCH3 is 2. The number of piperidine rings is 1. The second kappa shape index (κ2) is 15.0. The molecule has 3 aromatic carbocycles. The summed E-state index contributed by atoms with van der Waals surface area (Å²) in [5, 5.41) is 3.03. The van der Waals surface area contributed by atoms with Crippen LogP contribution in [0.5, 0.6) is 23.0 Å². The van der Waals surface area contributed by atoms with E-state index in [9.17, 15) is 4.79 Å². The van der Waals surface area contributed by atoms with Crippen LogP contribution in [-0.4, -0.2) is 68.2 Å². The summed E-state index contributed by atoms with van der Waals surface area (Å²) in [6.07, 6.45) is 4.85. The normalized spacial score (nSPS) is 14.8. The molecule has 1 amide bonds. The van der Waals surface area contributed by atoms with Crippen LogP contribution in [0.15, 0.2) is 77.8 Å². The number of benzene rings is 3. The Hall–Kier alpha value is -4.55. The molecule has 1 aliphatic rings. The zero-order valence-electron chi connectivity index (χ0n) is 25.7. The number of anilines is 4. The lowest BCUT2D eigenvalue weighted by atomic mass is 10.00. The number of hydrogen-bond donors (Lipinski definition) is 1. The lowest BCUT2D eigenvalue weighted by molar-refractivity contribution is 0.147. The predicted molar refractivity (Wildman–Crippen MR) is 173 cm³/mol. The van der Waals surface area contributed by atoms with E-state index in [-0.39, 0.29) is 17.5 Å². The van der Waals surface area contributed by atoms with Crippen molar-refractivity contribution in [3.8, 4) is 23.0 Å². The Morgan fingerprint density at radius 1 is 1.07 bits per heavy atom. The van der Waals surface area contributed by atoms with E-state index in [1.54, 1.807) is 55.6 Å². The van der Waals surface area contributed by atoms with E-state index >= 15 is 4.39 Å². The van der Waals surface area contributed by atoms with Crippen molar-refractivity contribution < 1.29 is 28.1 Å². The van der Waals surface area contributed by atoms with Gasteiger partial charge in [-0.05, 0) is 69.1 Å². The molecule has 2 heterocycles. The van der Waals surface area contributed by atoms with Crippen molar-refractivity contribution in [1.29, 1.82) is 0 Å². The number of rotatable bonds is 11. The number of aromatic nitrogens is 2. The number of amides is 1. The minimum absolute atomic E-state index is 0.139. The van der Waals surface area contributed by atoms with Crippen molar-refractivity contribution in [2.45, 2.75) is 17.7 Å². The van der Waals surface area contributed by atoms with Gasteiger partial charge in [-0.1, -0.05) is 12.1 Å². The first-order chi connectivity index (χ1) is 21.9. The number of hydrogen-bond acceptors (Lipinski definition) is 10. The van der Waals surface area contributed by atoms with Crippen molar-refractivity contribution in [3.63, 3.8) is 0 Å². The van der Waals surface area contributed by atoms with Gasteiger partial charge in [0.25, 0.3) is 0 Å². The molecule has 0 aliphatic carbocycles. The van der Waals surface area contributed by atoms with Gasteiger partial charge in [-0.25, -0.2) is 19.1 Å². The van der Waals surface area contributed by atoms with E-state index in [1.807, 2.05) is 18.4 Å². The zero-order chi connectivity index (χ0) is 31.8. The first-order valence-corrected chi connectivity index (χ1v) is 15.7. The van der Waals surface area contributed by atoms with Gasteiger partial charge in [0.1, 0.15) is 23.1 Å². The van der Waals surface area contributed by atoms with Gasteiger partial charge in [0.15, 0.2) is 11.6 Å². The quantitative estimate of drug-likeness (QED) is 0.171. The molecule has 1 atom stereocenters. The monoisotopic (exact) mass is 633 g/mol. The Morgan fingerprint density at radius 2 is 1.91 bits per heavy atom. The summed E-state index contributed by atoms with van der Waals surface area (Å²) in [6, 6.07) is 18.4. The van der Waals surface area contributed by atoms with E-state index in [1.165, 1.54) is 36.0 Å². The summed E-state index contributed by atoms with van der Waals surface area (Å²) in [5.74, 6) is 1.69. The van der Waals surface area contributed by atoms with Crippen LogP contribution in [0, 0.1) is 11.7 Å². The van der Waals surface area contributed by atoms with E-state index in [2.05, 4.69) is 27.2 Å². The Morgan fingerprint density at radius 3 is 2.67 bits per heavy atom. The summed E-state index contributed by atoms with van der Waals surface area (Å²) in [4.78, 5) is 27.0. The van der Waals surface area contributed by atoms with Crippen molar-refractivity contribution in [2.75, 3.05) is 57.4 Å². The van der Waals surface area contributed by atoms with Crippen molar-refractivity contribution >= 4 is 41.0 Å². The number of likely N-dealkylation sites (tertiary alicyclic amines) is 1. The average molecular weight is 634 g/mol. The minimum atomic E-state index is -0.721. The van der Waals surface area contributed by atoms with Gasteiger partial charge < -0.3 is 29.2 Å². The van der Waals surface area contributed by atoms with Crippen molar-refractivity contribution in [1.82, 2.24) is 14.9 Å². The fourth-order valence-corrected chi connectivity index (χ4v) is 5.63. The third-order valence-corrected chi connectivity index (χ3v) is 8.11. The Kier molecular flexibility index (Phi) is 10.6. The van der Waals surface area contributed by atoms with E-state index < -0.39 is 11.9 Å². The van der Waals surface area contributed by atoms with Crippen LogP contribution in [-0.2, 0) is 0 Å². The number of thioether (sulfide) groups is 1. The lowest BCUT2D eigenvalue weighted by Crippen LogP contribution is -2.34. The second-order valence-electron chi connectivity index (χ2n) is 10.5. The van der Waals surface area contributed by atoms with E-state index in [0.29, 0.717) is 41.1 Å². The molecule has 12 heteroatoms. The lowest BCUT2D eigenvalue weighted by Gasteiger charge is -2.29. The molecular formula is C33H36FN5O5S. The van der Waals surface area contributed by atoms with Gasteiger partial charge in [-0.2, -0.15) is 4.98 Å². The van der Waals surface area contributed by atoms with Gasteiger partial charge in [-0.3, -0.25) is 0 Å². The zero-order valence-corrected chi connectivity index (χ0v) is 26.5. The number of ether oxygens (including phenoxy) is 4. The molecule has 236 valence electrons. The Bertz CT molecular complexity index is 1630. The maximum Gasteiger partial charge on any atom is 0.425 e. The molecule has 0 spiro atoms. The van der Waals surface area contributed by atoms with E-state index in [0.717, 1.165) is 30.8 Å². The van der Waals surface area contributed by atoms with Crippen LogP contribution >= 0.6 is 11.8 Å². The first kappa shape index (κ1) is 31.9. The highest BCUT2D eigenvalue weighted by Crippen LogP contribution is 2.38. The summed E-state index contributed by atoms with van der Waals surface area (Å²) < 4.78 is 37.6. The summed E-state index contributed by atoms with van der Waals surface area (Å²) in [6.45, 7) is 2.47. The predicted octanol–water partition coefficient (Wildman–Crippen LogP) is 7.16. The van der Waals surface area contributed by atoms with Crippen LogP contribution in [0.2, 0.25) is 0 Å². The highest BCUT2D eigenvalue weighted by Gasteiger charge is 2.27. The highest BCUT2D eigenvalue weighted by molar-refractivity contribution is 7.98. The molecule has 45 heavy (non-hydrogen) atoms. The number of carbonyl (C=O) groups is 1. The van der Waals surface area contributed by atoms with Crippen LogP contribution in [0.3, 0.4) is 0 Å². The van der Waals surface area contributed by atoms with Crippen molar-refractivity contribution in [2.24, 2.45) is 5.92 Å². The van der Waals surface area contributed by atoms with Crippen molar-refractivity contribution in [3.05, 3.63) is 78.7 Å². The molecule has 0 radical (unpaired) electrons. The molecule has 10 nitrogen and oxygen atoms in total. The van der Waals surface area contributed by atoms with Gasteiger partial charge in [-0.15, -0.1) is 11.8 Å². The molecule has 1 saturated heterocycles. The Labute approximate surface area is 266 Å². The summed E-state index contributed by atoms with van der Waals surface area (Å²) in [7, 11) is 5.12. The molecule has 1 unspecified atom stereocenters. The van der Waals surface area contributed by atoms with Crippen LogP contribution < -0.4 is 29.2 Å². The second-order valence-corrected chi connectivity index (χ2v) is 11.3. The van der Waals surface area contributed by atoms with Crippen LogP contribution in [0.1, 0.15) is 12.8 Å². The fraction of sp³-hybridized carbons (Fsp3) is 0.303. The molecule has 1 aliphatic heterocycles. The third kappa shape index (κ3) is 7.95. The average Bonchev–Trinajstić information content (AvgIpc) is 3.05. The van der Waals surface area contributed by atoms with Crippen LogP contribution in [0.4, 0.5) is 32.3 Å². The van der Waals surface area contributed by atoms with Gasteiger partial charge >= 0.3 is 6.09 Å². The maximum atomic E-state index is 15.0. The molecule has 5 rings (SSSR count). The summed E-state index contributed by atoms with van der Waals surface area (Å²) >= 11 is 1.46. The minimum Gasteiger partial charge on any atom is -0.497 e. The third-order valence-electron chi connectivity index (χ3n) is 7.33. The molecular weight excluding hydrogens is 597 g/mol. The standard InChI is InChI=1S/C33H36FN5O5S/c1-38-17-7-8-22(20-38)21-43-27-14-11-23(18-25(27)34)36-32-35-16-15-31(37-32)39(26-13-12-24(41-2)19-29(26)42-3)33(40)44-28-9-5-6-10-30(28)45-4/h5-6,9-16,18-19,22H,7-8,17,20-21H2,1-4H3,(H,35,36,37). The molecule has 1 N–H and O–H groups in total.